The Morgan fingerprint density at radius 1 is 1.38 bits per heavy atom. The van der Waals surface area contributed by atoms with E-state index < -0.39 is 0 Å². The normalized spacial score (nSPS) is 11.3. The van der Waals surface area contributed by atoms with E-state index in [0.717, 1.165) is 31.9 Å². The fourth-order valence-electron chi connectivity index (χ4n) is 1.43. The molecular weight excluding hydrogens is 200 g/mol. The molecule has 0 fully saturated rings. The van der Waals surface area contributed by atoms with Crippen LogP contribution in [0.5, 0.6) is 0 Å². The molecule has 4 heteroatoms. The SMILES string of the molecule is CC(C)CNCCN(C)Cc1cnccn1. The summed E-state index contributed by atoms with van der Waals surface area (Å²) in [5.41, 5.74) is 1.02. The van der Waals surface area contributed by atoms with E-state index in [9.17, 15) is 0 Å². The molecule has 1 heterocycles. The van der Waals surface area contributed by atoms with Gasteiger partial charge in [-0.25, -0.2) is 0 Å². The molecule has 0 aliphatic rings. The molecule has 0 spiro atoms. The van der Waals surface area contributed by atoms with Crippen LogP contribution in [0, 0.1) is 5.92 Å². The van der Waals surface area contributed by atoms with Crippen LogP contribution in [-0.2, 0) is 6.54 Å². The second-order valence-corrected chi connectivity index (χ2v) is 4.53. The standard InChI is InChI=1S/C12H22N4/c1-11(2)8-14-6-7-16(3)10-12-9-13-4-5-15-12/h4-5,9,11,14H,6-8,10H2,1-3H3. The number of rotatable bonds is 7. The molecule has 90 valence electrons. The minimum atomic E-state index is 0.713. The van der Waals surface area contributed by atoms with Crippen molar-refractivity contribution in [3.8, 4) is 0 Å². The Hall–Kier alpha value is -1.00. The van der Waals surface area contributed by atoms with E-state index in [-0.39, 0.29) is 0 Å². The van der Waals surface area contributed by atoms with Gasteiger partial charge in [-0.15, -0.1) is 0 Å². The molecule has 0 saturated carbocycles. The quantitative estimate of drug-likeness (QED) is 0.703. The minimum absolute atomic E-state index is 0.713. The van der Waals surface area contributed by atoms with E-state index >= 15 is 0 Å². The highest BCUT2D eigenvalue weighted by atomic mass is 15.1. The first-order chi connectivity index (χ1) is 7.68. The van der Waals surface area contributed by atoms with Gasteiger partial charge in [0.2, 0.25) is 0 Å². The van der Waals surface area contributed by atoms with Crippen LogP contribution in [0.15, 0.2) is 18.6 Å². The predicted molar refractivity (Wildman–Crippen MR) is 66.1 cm³/mol. The molecule has 0 aliphatic heterocycles. The molecule has 1 aromatic rings. The lowest BCUT2D eigenvalue weighted by atomic mass is 10.2. The number of likely N-dealkylation sites (N-methyl/N-ethyl adjacent to an activating group) is 1. The van der Waals surface area contributed by atoms with Crippen molar-refractivity contribution >= 4 is 0 Å². The van der Waals surface area contributed by atoms with Gasteiger partial charge >= 0.3 is 0 Å². The molecule has 0 aliphatic carbocycles. The zero-order valence-electron chi connectivity index (χ0n) is 10.5. The van der Waals surface area contributed by atoms with Gasteiger partial charge in [0.15, 0.2) is 0 Å². The molecule has 1 aromatic heterocycles. The van der Waals surface area contributed by atoms with Crippen molar-refractivity contribution in [3.63, 3.8) is 0 Å². The molecule has 0 atom stereocenters. The lowest BCUT2D eigenvalue weighted by Gasteiger charge is -2.16. The Morgan fingerprint density at radius 3 is 2.81 bits per heavy atom. The van der Waals surface area contributed by atoms with Gasteiger partial charge in [-0.3, -0.25) is 14.9 Å². The fourth-order valence-corrected chi connectivity index (χ4v) is 1.43. The smallest absolute Gasteiger partial charge is 0.0726 e. The van der Waals surface area contributed by atoms with Crippen LogP contribution in [0.2, 0.25) is 0 Å². The zero-order chi connectivity index (χ0) is 11.8. The highest BCUT2D eigenvalue weighted by Crippen LogP contribution is 1.95. The molecule has 0 bridgehead atoms. The first-order valence-corrected chi connectivity index (χ1v) is 5.82. The van der Waals surface area contributed by atoms with Crippen molar-refractivity contribution in [3.05, 3.63) is 24.3 Å². The van der Waals surface area contributed by atoms with Crippen LogP contribution in [-0.4, -0.2) is 41.5 Å². The van der Waals surface area contributed by atoms with Gasteiger partial charge in [0.1, 0.15) is 0 Å². The maximum Gasteiger partial charge on any atom is 0.0726 e. The van der Waals surface area contributed by atoms with Crippen LogP contribution in [0.25, 0.3) is 0 Å². The van der Waals surface area contributed by atoms with E-state index in [0.29, 0.717) is 5.92 Å². The van der Waals surface area contributed by atoms with Gasteiger partial charge in [-0.05, 0) is 19.5 Å². The summed E-state index contributed by atoms with van der Waals surface area (Å²) in [5.74, 6) is 0.713. The molecule has 0 saturated heterocycles. The molecule has 1 N–H and O–H groups in total. The average molecular weight is 222 g/mol. The molecule has 1 rings (SSSR count). The molecule has 16 heavy (non-hydrogen) atoms. The number of nitrogens with zero attached hydrogens (tertiary/aromatic N) is 3. The van der Waals surface area contributed by atoms with E-state index in [4.69, 9.17) is 0 Å². The van der Waals surface area contributed by atoms with E-state index in [2.05, 4.69) is 41.1 Å². The average Bonchev–Trinajstić information content (AvgIpc) is 2.25. The largest absolute Gasteiger partial charge is 0.315 e. The van der Waals surface area contributed by atoms with Crippen LogP contribution < -0.4 is 5.32 Å². The summed E-state index contributed by atoms with van der Waals surface area (Å²) in [6.07, 6.45) is 5.26. The Bertz CT molecular complexity index is 274. The van der Waals surface area contributed by atoms with Crippen molar-refractivity contribution in [1.29, 1.82) is 0 Å². The fraction of sp³-hybridized carbons (Fsp3) is 0.667. The summed E-state index contributed by atoms with van der Waals surface area (Å²) in [6.45, 7) is 8.43. The third-order valence-corrected chi connectivity index (χ3v) is 2.27. The zero-order valence-corrected chi connectivity index (χ0v) is 10.5. The Labute approximate surface area is 98.1 Å². The molecule has 0 amide bonds. The molecule has 0 aromatic carbocycles. The third kappa shape index (κ3) is 5.78. The maximum atomic E-state index is 4.25. The Kier molecular flexibility index (Phi) is 5.96. The maximum absolute atomic E-state index is 4.25. The summed E-state index contributed by atoms with van der Waals surface area (Å²) in [4.78, 5) is 10.6. The van der Waals surface area contributed by atoms with Crippen LogP contribution in [0.3, 0.4) is 0 Å². The second-order valence-electron chi connectivity index (χ2n) is 4.53. The summed E-state index contributed by atoms with van der Waals surface area (Å²) in [6, 6.07) is 0. The van der Waals surface area contributed by atoms with Gasteiger partial charge in [0.25, 0.3) is 0 Å². The lowest BCUT2D eigenvalue weighted by Crippen LogP contribution is -2.31. The summed E-state index contributed by atoms with van der Waals surface area (Å²) in [7, 11) is 2.10. The highest BCUT2D eigenvalue weighted by molar-refractivity contribution is 4.93. The van der Waals surface area contributed by atoms with Gasteiger partial charge in [0.05, 0.1) is 5.69 Å². The highest BCUT2D eigenvalue weighted by Gasteiger charge is 2.01. The number of hydrogen-bond donors (Lipinski definition) is 1. The monoisotopic (exact) mass is 222 g/mol. The number of nitrogens with one attached hydrogen (secondary N) is 1. The van der Waals surface area contributed by atoms with Crippen molar-refractivity contribution < 1.29 is 0 Å². The number of hydrogen-bond acceptors (Lipinski definition) is 4. The van der Waals surface area contributed by atoms with Gasteiger partial charge in [0, 0.05) is 38.2 Å². The van der Waals surface area contributed by atoms with Crippen LogP contribution in [0.1, 0.15) is 19.5 Å². The third-order valence-electron chi connectivity index (χ3n) is 2.27. The van der Waals surface area contributed by atoms with Crippen LogP contribution >= 0.6 is 0 Å². The summed E-state index contributed by atoms with van der Waals surface area (Å²) in [5, 5.41) is 3.42. The van der Waals surface area contributed by atoms with Crippen molar-refractivity contribution in [2.45, 2.75) is 20.4 Å². The van der Waals surface area contributed by atoms with E-state index in [1.165, 1.54) is 0 Å². The minimum Gasteiger partial charge on any atom is -0.315 e. The first kappa shape index (κ1) is 13.1. The Morgan fingerprint density at radius 2 is 2.19 bits per heavy atom. The summed E-state index contributed by atoms with van der Waals surface area (Å²) >= 11 is 0. The molecule has 4 nitrogen and oxygen atoms in total. The first-order valence-electron chi connectivity index (χ1n) is 5.82. The summed E-state index contributed by atoms with van der Waals surface area (Å²) < 4.78 is 0. The van der Waals surface area contributed by atoms with Gasteiger partial charge < -0.3 is 5.32 Å². The van der Waals surface area contributed by atoms with E-state index in [1.54, 1.807) is 12.4 Å². The van der Waals surface area contributed by atoms with Crippen molar-refractivity contribution in [1.82, 2.24) is 20.2 Å². The topological polar surface area (TPSA) is 41.0 Å². The predicted octanol–water partition coefficient (Wildman–Crippen LogP) is 1.15. The lowest BCUT2D eigenvalue weighted by molar-refractivity contribution is 0.317. The van der Waals surface area contributed by atoms with Crippen molar-refractivity contribution in [2.75, 3.05) is 26.7 Å². The van der Waals surface area contributed by atoms with Crippen molar-refractivity contribution in [2.24, 2.45) is 5.92 Å². The van der Waals surface area contributed by atoms with Gasteiger partial charge in [-0.2, -0.15) is 0 Å². The van der Waals surface area contributed by atoms with Gasteiger partial charge in [-0.1, -0.05) is 13.8 Å². The second kappa shape index (κ2) is 7.30. The number of aromatic nitrogens is 2. The van der Waals surface area contributed by atoms with Crippen LogP contribution in [0.4, 0.5) is 0 Å². The Balaban J connectivity index is 2.14. The van der Waals surface area contributed by atoms with E-state index in [1.807, 2.05) is 6.20 Å². The molecular formula is C12H22N4. The molecule has 0 radical (unpaired) electrons. The molecule has 0 unspecified atom stereocenters.